The third kappa shape index (κ3) is 4.62. The lowest BCUT2D eigenvalue weighted by Crippen LogP contribution is -2.17. The molecular formula is C22H23NSi. The van der Waals surface area contributed by atoms with Gasteiger partial charge in [0.15, 0.2) is 0 Å². The molecule has 24 heavy (non-hydrogen) atoms. The minimum atomic E-state index is -1.35. The van der Waals surface area contributed by atoms with Gasteiger partial charge in [0.2, 0.25) is 0 Å². The summed E-state index contributed by atoms with van der Waals surface area (Å²) in [5.41, 5.74) is 5.90. The van der Waals surface area contributed by atoms with Gasteiger partial charge in [-0.05, 0) is 17.7 Å². The molecule has 1 heterocycles. The van der Waals surface area contributed by atoms with Gasteiger partial charge in [-0.25, -0.2) is 0 Å². The van der Waals surface area contributed by atoms with Crippen LogP contribution in [0.25, 0.3) is 0 Å². The second-order valence-corrected chi connectivity index (χ2v) is 12.0. The Balaban J connectivity index is 1.76. The van der Waals surface area contributed by atoms with Gasteiger partial charge in [0, 0.05) is 12.1 Å². The predicted molar refractivity (Wildman–Crippen MR) is 104 cm³/mol. The number of rotatable bonds is 2. The molecule has 1 nitrogen and oxygen atoms in total. The van der Waals surface area contributed by atoms with E-state index in [1.54, 1.807) is 0 Å². The Bertz CT molecular complexity index is 798. The molecule has 0 aliphatic carbocycles. The summed E-state index contributed by atoms with van der Waals surface area (Å²) >= 11 is 0. The van der Waals surface area contributed by atoms with E-state index in [1.165, 1.54) is 5.56 Å². The van der Waals surface area contributed by atoms with E-state index in [4.69, 9.17) is 0 Å². The van der Waals surface area contributed by atoms with Crippen LogP contribution in [0.3, 0.4) is 0 Å². The third-order valence-corrected chi connectivity index (χ3v) is 4.76. The van der Waals surface area contributed by atoms with E-state index in [2.05, 4.69) is 90.3 Å². The lowest BCUT2D eigenvalue weighted by atomic mass is 10.2. The van der Waals surface area contributed by atoms with Gasteiger partial charge >= 0.3 is 0 Å². The maximum Gasteiger partial charge on any atom is 0.129 e. The van der Waals surface area contributed by atoms with Gasteiger partial charge in [-0.3, -0.25) is 4.90 Å². The van der Waals surface area contributed by atoms with E-state index in [1.807, 2.05) is 18.2 Å². The first-order valence-corrected chi connectivity index (χ1v) is 11.9. The molecule has 1 aliphatic heterocycles. The quantitative estimate of drug-likeness (QED) is 0.454. The predicted octanol–water partition coefficient (Wildman–Crippen LogP) is 4.17. The Hall–Kier alpha value is -2.26. The standard InChI is InChI=1S/C22H23NSi/c1-24(2,3)17-16-22-21(15-14-19-10-6-4-7-11-19)23(22)18-20-12-8-5-9-13-20/h4-13,21-22H,18H2,1-3H3/t21-,22-,23?/m0/s1. The van der Waals surface area contributed by atoms with Crippen LogP contribution in [0.5, 0.6) is 0 Å². The summed E-state index contributed by atoms with van der Waals surface area (Å²) in [6.07, 6.45) is 0. The van der Waals surface area contributed by atoms with E-state index < -0.39 is 8.07 Å². The zero-order chi connectivity index (χ0) is 17.0. The van der Waals surface area contributed by atoms with Crippen LogP contribution in [0.2, 0.25) is 19.6 Å². The fourth-order valence-electron chi connectivity index (χ4n) is 2.56. The molecule has 1 saturated heterocycles. The number of benzene rings is 2. The molecule has 0 amide bonds. The van der Waals surface area contributed by atoms with Gasteiger partial charge in [-0.2, -0.15) is 0 Å². The normalized spacial score (nSPS) is 21.9. The van der Waals surface area contributed by atoms with Crippen molar-refractivity contribution in [3.63, 3.8) is 0 Å². The lowest BCUT2D eigenvalue weighted by Gasteiger charge is -2.03. The summed E-state index contributed by atoms with van der Waals surface area (Å²) in [5.74, 6) is 10.2. The molecule has 0 spiro atoms. The Morgan fingerprint density at radius 1 is 0.833 bits per heavy atom. The summed E-state index contributed by atoms with van der Waals surface area (Å²) < 4.78 is 0. The molecule has 0 bridgehead atoms. The summed E-state index contributed by atoms with van der Waals surface area (Å²) in [5, 5.41) is 0. The fourth-order valence-corrected chi connectivity index (χ4v) is 3.14. The molecule has 120 valence electrons. The summed E-state index contributed by atoms with van der Waals surface area (Å²) in [4.78, 5) is 2.39. The molecule has 1 aliphatic rings. The van der Waals surface area contributed by atoms with Crippen molar-refractivity contribution in [2.75, 3.05) is 0 Å². The van der Waals surface area contributed by atoms with Crippen molar-refractivity contribution in [1.82, 2.24) is 4.90 Å². The highest BCUT2D eigenvalue weighted by Gasteiger charge is 2.45. The lowest BCUT2D eigenvalue weighted by molar-refractivity contribution is 0.515. The first-order chi connectivity index (χ1) is 11.5. The minimum Gasteiger partial charge on any atom is -0.267 e. The first-order valence-electron chi connectivity index (χ1n) is 8.42. The molecule has 3 atom stereocenters. The first kappa shape index (κ1) is 16.6. The maximum atomic E-state index is 3.51. The SMILES string of the molecule is C[Si](C)(C)C#C[C@H]1[C@H](C#Cc2ccccc2)N1Cc1ccccc1. The van der Waals surface area contributed by atoms with Crippen molar-refractivity contribution in [3.8, 4) is 23.3 Å². The third-order valence-electron chi connectivity index (χ3n) is 3.87. The van der Waals surface area contributed by atoms with Gasteiger partial charge in [0.1, 0.15) is 14.1 Å². The molecule has 0 N–H and O–H groups in total. The molecule has 0 radical (unpaired) electrons. The van der Waals surface area contributed by atoms with E-state index in [9.17, 15) is 0 Å². The van der Waals surface area contributed by atoms with Gasteiger partial charge in [-0.15, -0.1) is 5.54 Å². The van der Waals surface area contributed by atoms with Crippen LogP contribution in [0.15, 0.2) is 60.7 Å². The highest BCUT2D eigenvalue weighted by Crippen LogP contribution is 2.30. The molecule has 1 fully saturated rings. The van der Waals surface area contributed by atoms with Gasteiger partial charge < -0.3 is 0 Å². The average molecular weight is 330 g/mol. The number of hydrogen-bond acceptors (Lipinski definition) is 1. The highest BCUT2D eigenvalue weighted by molar-refractivity contribution is 6.83. The Morgan fingerprint density at radius 2 is 1.42 bits per heavy atom. The van der Waals surface area contributed by atoms with Crippen LogP contribution in [0.4, 0.5) is 0 Å². The fraction of sp³-hybridized carbons (Fsp3) is 0.273. The van der Waals surface area contributed by atoms with Crippen LogP contribution >= 0.6 is 0 Å². The Kier molecular flexibility index (Phi) is 4.91. The summed E-state index contributed by atoms with van der Waals surface area (Å²) in [6.45, 7) is 7.78. The van der Waals surface area contributed by atoms with Crippen LogP contribution in [-0.4, -0.2) is 25.1 Å². The Labute approximate surface area is 146 Å². The number of nitrogens with zero attached hydrogens (tertiary/aromatic N) is 1. The molecule has 1 unspecified atom stereocenters. The second-order valence-electron chi connectivity index (χ2n) is 7.20. The van der Waals surface area contributed by atoms with Gasteiger partial charge in [0.05, 0.1) is 6.04 Å². The van der Waals surface area contributed by atoms with Crippen molar-refractivity contribution >= 4 is 8.07 Å². The summed E-state index contributed by atoms with van der Waals surface area (Å²) in [7, 11) is -1.35. The van der Waals surface area contributed by atoms with Crippen LogP contribution in [0, 0.1) is 23.3 Å². The van der Waals surface area contributed by atoms with Crippen molar-refractivity contribution in [3.05, 3.63) is 71.8 Å². The van der Waals surface area contributed by atoms with Crippen molar-refractivity contribution in [1.29, 1.82) is 0 Å². The molecule has 3 rings (SSSR count). The van der Waals surface area contributed by atoms with E-state index in [0.29, 0.717) is 0 Å². The molecular weight excluding hydrogens is 306 g/mol. The smallest absolute Gasteiger partial charge is 0.129 e. The summed E-state index contributed by atoms with van der Waals surface area (Å²) in [6, 6.07) is 21.3. The van der Waals surface area contributed by atoms with Crippen LogP contribution in [0.1, 0.15) is 11.1 Å². The number of hydrogen-bond donors (Lipinski definition) is 0. The van der Waals surface area contributed by atoms with E-state index >= 15 is 0 Å². The topological polar surface area (TPSA) is 3.01 Å². The largest absolute Gasteiger partial charge is 0.267 e. The van der Waals surface area contributed by atoms with Crippen LogP contribution in [-0.2, 0) is 6.54 Å². The van der Waals surface area contributed by atoms with Crippen LogP contribution < -0.4 is 0 Å². The van der Waals surface area contributed by atoms with E-state index in [-0.39, 0.29) is 12.1 Å². The highest BCUT2D eigenvalue weighted by atomic mass is 28.3. The molecule has 0 aromatic heterocycles. The van der Waals surface area contributed by atoms with Gasteiger partial charge in [-0.1, -0.05) is 85.9 Å². The zero-order valence-electron chi connectivity index (χ0n) is 14.6. The molecule has 2 heteroatoms. The van der Waals surface area contributed by atoms with Crippen molar-refractivity contribution in [2.24, 2.45) is 0 Å². The van der Waals surface area contributed by atoms with E-state index in [0.717, 1.165) is 12.1 Å². The second kappa shape index (κ2) is 7.10. The maximum absolute atomic E-state index is 3.51. The molecule has 2 aromatic carbocycles. The average Bonchev–Trinajstić information content (AvgIpc) is 3.23. The van der Waals surface area contributed by atoms with Crippen molar-refractivity contribution in [2.45, 2.75) is 38.3 Å². The minimum absolute atomic E-state index is 0.245. The van der Waals surface area contributed by atoms with Gasteiger partial charge in [0.25, 0.3) is 0 Å². The zero-order valence-corrected chi connectivity index (χ0v) is 15.6. The molecule has 0 saturated carbocycles. The Morgan fingerprint density at radius 3 is 2.04 bits per heavy atom. The molecule has 2 aromatic rings. The monoisotopic (exact) mass is 329 g/mol. The van der Waals surface area contributed by atoms with Crippen molar-refractivity contribution < 1.29 is 0 Å².